The third-order valence-electron chi connectivity index (χ3n) is 5.19. The number of hydrogen-bond donors (Lipinski definition) is 1. The molecule has 5 nitrogen and oxygen atoms in total. The van der Waals surface area contributed by atoms with Gasteiger partial charge in [-0.05, 0) is 61.7 Å². The van der Waals surface area contributed by atoms with Crippen LogP contribution in [-0.2, 0) is 11.3 Å². The number of carbonyl (C=O) groups is 1. The van der Waals surface area contributed by atoms with Crippen LogP contribution in [0, 0.1) is 12.7 Å². The molecule has 0 bridgehead atoms. The van der Waals surface area contributed by atoms with Crippen molar-refractivity contribution in [2.24, 2.45) is 0 Å². The van der Waals surface area contributed by atoms with Gasteiger partial charge in [0.05, 0.1) is 6.04 Å². The monoisotopic (exact) mass is 390 g/mol. The highest BCUT2D eigenvalue weighted by atomic mass is 19.1. The van der Waals surface area contributed by atoms with E-state index < -0.39 is 0 Å². The molecule has 6 heteroatoms. The van der Waals surface area contributed by atoms with Crippen LogP contribution in [0.2, 0.25) is 0 Å². The second-order valence-corrected chi connectivity index (χ2v) is 7.34. The lowest BCUT2D eigenvalue weighted by Crippen LogP contribution is -2.39. The average Bonchev–Trinajstić information content (AvgIpc) is 3.19. The smallest absolute Gasteiger partial charge is 0.241 e. The van der Waals surface area contributed by atoms with Crippen molar-refractivity contribution in [1.82, 2.24) is 14.9 Å². The Morgan fingerprint density at radius 1 is 1.14 bits per heavy atom. The van der Waals surface area contributed by atoms with Crippen LogP contribution in [-0.4, -0.2) is 33.4 Å². The van der Waals surface area contributed by atoms with Crippen molar-refractivity contribution in [1.29, 1.82) is 0 Å². The predicted octanol–water partition coefficient (Wildman–Crippen LogP) is 4.19. The van der Waals surface area contributed by atoms with E-state index in [9.17, 15) is 9.18 Å². The van der Waals surface area contributed by atoms with Crippen molar-refractivity contribution in [3.05, 3.63) is 78.1 Å². The highest BCUT2D eigenvalue weighted by Gasteiger charge is 2.30. The lowest BCUT2D eigenvalue weighted by atomic mass is 10.0. The van der Waals surface area contributed by atoms with Gasteiger partial charge in [0, 0.05) is 30.2 Å². The zero-order valence-corrected chi connectivity index (χ0v) is 16.3. The molecule has 1 amide bonds. The van der Waals surface area contributed by atoms with Crippen LogP contribution in [0.5, 0.6) is 0 Å². The summed E-state index contributed by atoms with van der Waals surface area (Å²) >= 11 is 0. The van der Waals surface area contributed by atoms with Gasteiger partial charge in [0.15, 0.2) is 0 Å². The number of hydrogen-bond acceptors (Lipinski definition) is 4. The molecule has 0 radical (unpaired) electrons. The first kappa shape index (κ1) is 19.2. The van der Waals surface area contributed by atoms with E-state index >= 15 is 0 Å². The fourth-order valence-electron chi connectivity index (χ4n) is 3.69. The largest absolute Gasteiger partial charge is 0.325 e. The van der Waals surface area contributed by atoms with E-state index in [0.717, 1.165) is 47.6 Å². The molecule has 4 rings (SSSR count). The molecule has 1 saturated heterocycles. The number of likely N-dealkylation sites (tertiary alicyclic amines) is 1. The molecule has 0 unspecified atom stereocenters. The minimum absolute atomic E-state index is 0.00761. The Bertz CT molecular complexity index is 989. The van der Waals surface area contributed by atoms with Gasteiger partial charge >= 0.3 is 0 Å². The predicted molar refractivity (Wildman–Crippen MR) is 111 cm³/mol. The summed E-state index contributed by atoms with van der Waals surface area (Å²) in [7, 11) is 0. The summed E-state index contributed by atoms with van der Waals surface area (Å²) in [6.45, 7) is 3.39. The number of carbonyl (C=O) groups excluding carboxylic acids is 1. The van der Waals surface area contributed by atoms with E-state index in [1.165, 1.54) is 12.1 Å². The van der Waals surface area contributed by atoms with E-state index in [-0.39, 0.29) is 17.8 Å². The Kier molecular flexibility index (Phi) is 5.62. The van der Waals surface area contributed by atoms with Gasteiger partial charge in [0.1, 0.15) is 11.6 Å². The molecule has 2 aromatic carbocycles. The summed E-state index contributed by atoms with van der Waals surface area (Å²) in [6.07, 6.45) is 5.46. The molecular formula is C23H23FN4O. The number of aryl methyl sites for hydroxylation is 1. The van der Waals surface area contributed by atoms with Crippen molar-refractivity contribution < 1.29 is 9.18 Å². The summed E-state index contributed by atoms with van der Waals surface area (Å²) < 4.78 is 13.2. The van der Waals surface area contributed by atoms with Gasteiger partial charge in [-0.15, -0.1) is 0 Å². The number of nitrogens with one attached hydrogen (secondary N) is 1. The topological polar surface area (TPSA) is 58.1 Å². The van der Waals surface area contributed by atoms with E-state index in [0.29, 0.717) is 6.54 Å². The Labute approximate surface area is 169 Å². The SMILES string of the molecule is Cc1ncc(CN2CCC[C@H]2C(=O)Nc2cccc(-c3ccc(F)cc3)c2)cn1. The molecular weight excluding hydrogens is 367 g/mol. The Morgan fingerprint density at radius 3 is 2.66 bits per heavy atom. The van der Waals surface area contributed by atoms with Crippen LogP contribution in [0.25, 0.3) is 11.1 Å². The highest BCUT2D eigenvalue weighted by Crippen LogP contribution is 2.25. The Balaban J connectivity index is 1.45. The molecule has 1 fully saturated rings. The average molecular weight is 390 g/mol. The molecule has 148 valence electrons. The number of rotatable bonds is 5. The minimum Gasteiger partial charge on any atom is -0.325 e. The molecule has 3 aromatic rings. The quantitative estimate of drug-likeness (QED) is 0.710. The molecule has 2 heterocycles. The third-order valence-corrected chi connectivity index (χ3v) is 5.19. The van der Waals surface area contributed by atoms with E-state index in [4.69, 9.17) is 0 Å². The van der Waals surface area contributed by atoms with Crippen LogP contribution < -0.4 is 5.32 Å². The van der Waals surface area contributed by atoms with Gasteiger partial charge in [0.2, 0.25) is 5.91 Å². The lowest BCUT2D eigenvalue weighted by Gasteiger charge is -2.23. The summed E-state index contributed by atoms with van der Waals surface area (Å²) in [6, 6.07) is 13.8. The van der Waals surface area contributed by atoms with Gasteiger partial charge in [-0.2, -0.15) is 0 Å². The summed E-state index contributed by atoms with van der Waals surface area (Å²) in [5.74, 6) is 0.468. The van der Waals surface area contributed by atoms with Gasteiger partial charge < -0.3 is 5.32 Å². The molecule has 1 atom stereocenters. The van der Waals surface area contributed by atoms with Crippen molar-refractivity contribution in [3.63, 3.8) is 0 Å². The molecule has 29 heavy (non-hydrogen) atoms. The second-order valence-electron chi connectivity index (χ2n) is 7.34. The van der Waals surface area contributed by atoms with Crippen LogP contribution >= 0.6 is 0 Å². The highest BCUT2D eigenvalue weighted by molar-refractivity contribution is 5.95. The van der Waals surface area contributed by atoms with Crippen molar-refractivity contribution in [2.75, 3.05) is 11.9 Å². The van der Waals surface area contributed by atoms with E-state index in [1.54, 1.807) is 12.1 Å². The second kappa shape index (κ2) is 8.49. The normalized spacial score (nSPS) is 16.7. The maximum absolute atomic E-state index is 13.2. The van der Waals surface area contributed by atoms with Crippen LogP contribution in [0.3, 0.4) is 0 Å². The van der Waals surface area contributed by atoms with Crippen LogP contribution in [0.1, 0.15) is 24.2 Å². The lowest BCUT2D eigenvalue weighted by molar-refractivity contribution is -0.120. The zero-order valence-electron chi connectivity index (χ0n) is 16.3. The standard InChI is InChI=1S/C23H23FN4O/c1-16-25-13-17(14-26-16)15-28-11-3-6-22(28)23(29)27-21-5-2-4-19(12-21)18-7-9-20(24)10-8-18/h2,4-5,7-10,12-14,22H,3,6,11,15H2,1H3,(H,27,29)/t22-/m0/s1. The molecule has 1 aliphatic heterocycles. The molecule has 1 aliphatic rings. The van der Waals surface area contributed by atoms with Crippen LogP contribution in [0.15, 0.2) is 60.9 Å². The number of amides is 1. The minimum atomic E-state index is -0.265. The fraction of sp³-hybridized carbons (Fsp3) is 0.261. The number of nitrogens with zero attached hydrogens (tertiary/aromatic N) is 3. The zero-order chi connectivity index (χ0) is 20.2. The third kappa shape index (κ3) is 4.66. The van der Waals surface area contributed by atoms with Gasteiger partial charge in [-0.3, -0.25) is 9.69 Å². The van der Waals surface area contributed by atoms with Crippen molar-refractivity contribution in [3.8, 4) is 11.1 Å². The number of aromatic nitrogens is 2. The van der Waals surface area contributed by atoms with Gasteiger partial charge in [-0.25, -0.2) is 14.4 Å². The van der Waals surface area contributed by atoms with E-state index in [1.807, 2.05) is 43.6 Å². The number of anilines is 1. The van der Waals surface area contributed by atoms with Crippen LogP contribution in [0.4, 0.5) is 10.1 Å². The maximum Gasteiger partial charge on any atom is 0.241 e. The molecule has 0 spiro atoms. The first-order valence-electron chi connectivity index (χ1n) is 9.77. The maximum atomic E-state index is 13.2. The van der Waals surface area contributed by atoms with Gasteiger partial charge in [0.25, 0.3) is 0 Å². The summed E-state index contributed by atoms with van der Waals surface area (Å²) in [4.78, 5) is 23.6. The molecule has 0 aliphatic carbocycles. The summed E-state index contributed by atoms with van der Waals surface area (Å²) in [5.41, 5.74) is 3.59. The molecule has 1 aromatic heterocycles. The fourth-order valence-corrected chi connectivity index (χ4v) is 3.69. The van der Waals surface area contributed by atoms with Gasteiger partial charge in [-0.1, -0.05) is 24.3 Å². The van der Waals surface area contributed by atoms with Crippen molar-refractivity contribution in [2.45, 2.75) is 32.4 Å². The van der Waals surface area contributed by atoms with E-state index in [2.05, 4.69) is 20.2 Å². The Morgan fingerprint density at radius 2 is 1.90 bits per heavy atom. The first-order valence-corrected chi connectivity index (χ1v) is 9.77. The first-order chi connectivity index (χ1) is 14.1. The number of benzene rings is 2. The number of halogens is 1. The van der Waals surface area contributed by atoms with Crippen molar-refractivity contribution >= 4 is 11.6 Å². The molecule has 1 N–H and O–H groups in total. The molecule has 0 saturated carbocycles. The Hall–Kier alpha value is -3.12. The summed E-state index contributed by atoms with van der Waals surface area (Å²) in [5, 5.41) is 3.04.